The van der Waals surface area contributed by atoms with Crippen molar-refractivity contribution in [1.82, 2.24) is 0 Å². The van der Waals surface area contributed by atoms with Crippen LogP contribution in [0.25, 0.3) is 0 Å². The molecule has 0 saturated carbocycles. The largest absolute Gasteiger partial charge is 0.396 e. The lowest BCUT2D eigenvalue weighted by Gasteiger charge is -2.62. The highest BCUT2D eigenvalue weighted by atomic mass is 16.3. The Hall–Kier alpha value is -0.280. The molecule has 240 valence electrons. The van der Waals surface area contributed by atoms with Crippen molar-refractivity contribution < 1.29 is 35.7 Å². The minimum Gasteiger partial charge on any atom is -0.396 e. The van der Waals surface area contributed by atoms with Crippen molar-refractivity contribution in [2.24, 2.45) is 16.2 Å². The Morgan fingerprint density at radius 2 is 0.538 bits per heavy atom. The average Bonchev–Trinajstić information content (AvgIpc) is 2.92. The Bertz CT molecular complexity index is 389. The van der Waals surface area contributed by atoms with E-state index in [1.54, 1.807) is 0 Å². The van der Waals surface area contributed by atoms with Gasteiger partial charge >= 0.3 is 0 Å². The third-order valence-corrected chi connectivity index (χ3v) is 8.70. The molecule has 7 nitrogen and oxygen atoms in total. The molecule has 0 aromatic carbocycles. The summed E-state index contributed by atoms with van der Waals surface area (Å²) in [5.41, 5.74) is -2.11. The number of hydrogen-bond donors (Lipinski definition) is 7. The molecule has 0 saturated heterocycles. The quantitative estimate of drug-likeness (QED) is 0.0755. The van der Waals surface area contributed by atoms with Gasteiger partial charge in [0.2, 0.25) is 0 Å². The summed E-state index contributed by atoms with van der Waals surface area (Å²) in [6.07, 6.45) is 14.8. The van der Waals surface area contributed by atoms with Gasteiger partial charge in [-0.2, -0.15) is 0 Å². The fraction of sp³-hybridized carbons (Fsp3) is 1.00. The third kappa shape index (κ3) is 15.5. The predicted molar refractivity (Wildman–Crippen MR) is 164 cm³/mol. The summed E-state index contributed by atoms with van der Waals surface area (Å²) >= 11 is 0. The van der Waals surface area contributed by atoms with Crippen LogP contribution in [0.5, 0.6) is 0 Å². The van der Waals surface area contributed by atoms with Crippen molar-refractivity contribution in [2.75, 3.05) is 46.2 Å². The molecule has 0 bridgehead atoms. The van der Waals surface area contributed by atoms with E-state index < -0.39 is 16.2 Å². The van der Waals surface area contributed by atoms with E-state index in [4.69, 9.17) is 0 Å². The number of unbranched alkanes of at least 4 members (excludes halogenated alkanes) is 6. The first-order chi connectivity index (χ1) is 18.8. The fourth-order valence-corrected chi connectivity index (χ4v) is 6.86. The Labute approximate surface area is 242 Å². The van der Waals surface area contributed by atoms with Gasteiger partial charge in [-0.15, -0.1) is 0 Å². The molecule has 7 N–H and O–H groups in total. The van der Waals surface area contributed by atoms with Gasteiger partial charge in [0.25, 0.3) is 0 Å². The molecule has 0 radical (unpaired) electrons. The highest BCUT2D eigenvalue weighted by Crippen LogP contribution is 2.65. The van der Waals surface area contributed by atoms with Gasteiger partial charge in [0.1, 0.15) is 0 Å². The molecule has 39 heavy (non-hydrogen) atoms. The molecule has 0 fully saturated rings. The smallest absolute Gasteiger partial charge is 0.0436 e. The molecule has 0 aliphatic rings. The zero-order valence-corrected chi connectivity index (χ0v) is 26.6. The minimum atomic E-state index is -0.765. The van der Waals surface area contributed by atoms with Crippen LogP contribution in [0, 0.1) is 16.2 Å². The Morgan fingerprint density at radius 3 is 0.718 bits per heavy atom. The topological polar surface area (TPSA) is 142 Å². The van der Waals surface area contributed by atoms with E-state index in [2.05, 4.69) is 27.7 Å². The second kappa shape index (κ2) is 29.2. The summed E-state index contributed by atoms with van der Waals surface area (Å²) in [4.78, 5) is 0. The van der Waals surface area contributed by atoms with E-state index in [-0.39, 0.29) is 46.2 Å². The number of rotatable bonds is 24. The van der Waals surface area contributed by atoms with Crippen LogP contribution in [0.2, 0.25) is 0 Å². The van der Waals surface area contributed by atoms with Crippen LogP contribution in [0.3, 0.4) is 0 Å². The minimum absolute atomic E-state index is 0.105. The maximum absolute atomic E-state index is 9.97. The fourth-order valence-electron chi connectivity index (χ4n) is 6.86. The summed E-state index contributed by atoms with van der Waals surface area (Å²) in [6.45, 7) is 9.95. The lowest BCUT2D eigenvalue weighted by Crippen LogP contribution is -2.57. The van der Waals surface area contributed by atoms with E-state index >= 15 is 0 Å². The standard InChI is InChI=1S/C20H42O7.2C6H14/c1-2-3-18(4-11-21,5-12-22)20(9-16-26,10-17-27)19(6-13-23,7-14-24)8-15-25;2*1-3-5-6-4-2/h21-27H,2-17H2,1H3;2*3-6H2,1-2H3. The predicted octanol–water partition coefficient (Wildman–Crippen LogP) is 5.60. The third-order valence-electron chi connectivity index (χ3n) is 8.70. The van der Waals surface area contributed by atoms with Crippen LogP contribution in [-0.4, -0.2) is 82.0 Å². The van der Waals surface area contributed by atoms with Crippen LogP contribution in [0.1, 0.15) is 144 Å². The summed E-state index contributed by atoms with van der Waals surface area (Å²) in [5, 5.41) is 69.1. The van der Waals surface area contributed by atoms with Crippen LogP contribution >= 0.6 is 0 Å². The molecule has 0 unspecified atom stereocenters. The Balaban J connectivity index is -0.000000889. The van der Waals surface area contributed by atoms with E-state index in [0.29, 0.717) is 51.4 Å². The van der Waals surface area contributed by atoms with E-state index in [9.17, 15) is 35.7 Å². The zero-order valence-electron chi connectivity index (χ0n) is 26.6. The number of hydrogen-bond acceptors (Lipinski definition) is 7. The summed E-state index contributed by atoms with van der Waals surface area (Å²) < 4.78 is 0. The Morgan fingerprint density at radius 1 is 0.308 bits per heavy atom. The van der Waals surface area contributed by atoms with Crippen LogP contribution in [0.4, 0.5) is 0 Å². The van der Waals surface area contributed by atoms with Crippen molar-refractivity contribution in [2.45, 2.75) is 144 Å². The van der Waals surface area contributed by atoms with Crippen molar-refractivity contribution in [3.63, 3.8) is 0 Å². The highest BCUT2D eigenvalue weighted by Gasteiger charge is 2.59. The van der Waals surface area contributed by atoms with Crippen molar-refractivity contribution in [1.29, 1.82) is 0 Å². The van der Waals surface area contributed by atoms with Crippen molar-refractivity contribution in [3.05, 3.63) is 0 Å². The molecule has 0 spiro atoms. The number of aliphatic hydroxyl groups is 7. The molecule has 0 aliphatic heterocycles. The van der Waals surface area contributed by atoms with Gasteiger partial charge in [0.15, 0.2) is 0 Å². The molecule has 0 rings (SSSR count). The SMILES string of the molecule is CCCC(CCO)(CCO)C(CCO)(CCO)C(CCO)(CCO)CCO.CCCCCC.CCCCCC. The molecule has 0 amide bonds. The Kier molecular flexibility index (Phi) is 32.4. The second-order valence-corrected chi connectivity index (χ2v) is 11.1. The summed E-state index contributed by atoms with van der Waals surface area (Å²) in [7, 11) is 0. The van der Waals surface area contributed by atoms with Gasteiger partial charge in [0, 0.05) is 46.2 Å². The first-order valence-corrected chi connectivity index (χ1v) is 16.1. The zero-order chi connectivity index (χ0) is 30.5. The van der Waals surface area contributed by atoms with Gasteiger partial charge < -0.3 is 35.7 Å². The van der Waals surface area contributed by atoms with Crippen LogP contribution in [-0.2, 0) is 0 Å². The van der Waals surface area contributed by atoms with Gasteiger partial charge in [-0.3, -0.25) is 0 Å². The molecule has 0 atom stereocenters. The first-order valence-electron chi connectivity index (χ1n) is 16.1. The van der Waals surface area contributed by atoms with Gasteiger partial charge in [-0.05, 0) is 67.6 Å². The highest BCUT2D eigenvalue weighted by molar-refractivity contribution is 5.08. The monoisotopic (exact) mass is 567 g/mol. The van der Waals surface area contributed by atoms with Gasteiger partial charge in [0.05, 0.1) is 0 Å². The maximum atomic E-state index is 9.97. The molecule has 0 aromatic rings. The van der Waals surface area contributed by atoms with Gasteiger partial charge in [-0.1, -0.05) is 92.4 Å². The van der Waals surface area contributed by atoms with Gasteiger partial charge in [-0.25, -0.2) is 0 Å². The molecular weight excluding hydrogens is 496 g/mol. The van der Waals surface area contributed by atoms with E-state index in [1.807, 2.05) is 6.92 Å². The van der Waals surface area contributed by atoms with Crippen molar-refractivity contribution in [3.8, 4) is 0 Å². The first kappa shape index (κ1) is 43.2. The molecule has 7 heteroatoms. The van der Waals surface area contributed by atoms with Crippen molar-refractivity contribution >= 4 is 0 Å². The average molecular weight is 567 g/mol. The molecule has 0 aliphatic carbocycles. The van der Waals surface area contributed by atoms with E-state index in [0.717, 1.165) is 6.42 Å². The van der Waals surface area contributed by atoms with E-state index in [1.165, 1.54) is 51.4 Å². The van der Waals surface area contributed by atoms with Crippen LogP contribution in [0.15, 0.2) is 0 Å². The molecule has 0 heterocycles. The lowest BCUT2D eigenvalue weighted by atomic mass is 9.43. The number of aliphatic hydroxyl groups excluding tert-OH is 7. The maximum Gasteiger partial charge on any atom is 0.0436 e. The summed E-state index contributed by atoms with van der Waals surface area (Å²) in [5.74, 6) is 0. The second-order valence-electron chi connectivity index (χ2n) is 11.1. The lowest BCUT2D eigenvalue weighted by molar-refractivity contribution is -0.161. The molecular formula is C32H70O7. The molecule has 0 aromatic heterocycles. The van der Waals surface area contributed by atoms with Crippen LogP contribution < -0.4 is 0 Å². The normalized spacial score (nSPS) is 12.0. The summed E-state index contributed by atoms with van der Waals surface area (Å²) in [6, 6.07) is 0.